The molecule has 2 aromatic rings. The molecular weight excluding hydrogens is 485 g/mol. The van der Waals surface area contributed by atoms with Crippen LogP contribution in [-0.2, 0) is 27.4 Å². The van der Waals surface area contributed by atoms with Crippen molar-refractivity contribution in [1.82, 2.24) is 5.32 Å². The Labute approximate surface area is 205 Å². The van der Waals surface area contributed by atoms with Crippen LogP contribution in [0.1, 0.15) is 42.4 Å². The Morgan fingerprint density at radius 1 is 1.15 bits per heavy atom. The molecule has 0 saturated carbocycles. The first-order valence-corrected chi connectivity index (χ1v) is 13.8. The van der Waals surface area contributed by atoms with E-state index in [4.69, 9.17) is 32.7 Å². The van der Waals surface area contributed by atoms with Crippen LogP contribution >= 0.6 is 23.2 Å². The molecule has 1 aliphatic carbocycles. The van der Waals surface area contributed by atoms with E-state index in [1.54, 1.807) is 13.0 Å². The summed E-state index contributed by atoms with van der Waals surface area (Å²) in [6, 6.07) is 11.4. The lowest BCUT2D eigenvalue weighted by atomic mass is 9.76. The summed E-state index contributed by atoms with van der Waals surface area (Å²) < 4.78 is 33.7. The molecule has 0 aromatic heterocycles. The molecule has 0 saturated heterocycles. The Morgan fingerprint density at radius 3 is 2.64 bits per heavy atom. The second-order valence-corrected chi connectivity index (χ2v) is 11.3. The average molecular weight is 514 g/mol. The van der Waals surface area contributed by atoms with Crippen molar-refractivity contribution in [2.45, 2.75) is 44.6 Å². The third kappa shape index (κ3) is 7.52. The largest absolute Gasteiger partial charge is 0.494 e. The fourth-order valence-electron chi connectivity index (χ4n) is 4.15. The molecule has 0 aliphatic heterocycles. The van der Waals surface area contributed by atoms with Crippen molar-refractivity contribution in [2.75, 3.05) is 25.2 Å². The Hall–Kier alpha value is -1.96. The number of carbonyl (C=O) groups is 1. The van der Waals surface area contributed by atoms with Gasteiger partial charge in [0.05, 0.1) is 29.0 Å². The van der Waals surface area contributed by atoms with E-state index in [0.29, 0.717) is 41.9 Å². The van der Waals surface area contributed by atoms with Gasteiger partial charge in [0.25, 0.3) is 0 Å². The van der Waals surface area contributed by atoms with Gasteiger partial charge in [-0.15, -0.1) is 0 Å². The van der Waals surface area contributed by atoms with Crippen molar-refractivity contribution < 1.29 is 22.7 Å². The molecule has 0 fully saturated rings. The Balaban J connectivity index is 1.84. The van der Waals surface area contributed by atoms with E-state index in [1.807, 2.05) is 30.3 Å². The van der Waals surface area contributed by atoms with Crippen LogP contribution in [0, 0.1) is 0 Å². The molecule has 1 aliphatic rings. The van der Waals surface area contributed by atoms with Crippen molar-refractivity contribution in [3.05, 3.63) is 63.1 Å². The van der Waals surface area contributed by atoms with Gasteiger partial charge in [0.15, 0.2) is 0 Å². The lowest BCUT2D eigenvalue weighted by Crippen LogP contribution is -2.43. The topological polar surface area (TPSA) is 81.7 Å². The van der Waals surface area contributed by atoms with Crippen molar-refractivity contribution in [3.63, 3.8) is 0 Å². The summed E-state index contributed by atoms with van der Waals surface area (Å²) in [5.41, 5.74) is 3.30. The molecule has 3 rings (SSSR count). The highest BCUT2D eigenvalue weighted by Gasteiger charge is 2.31. The highest BCUT2D eigenvalue weighted by molar-refractivity contribution is 7.90. The fraction of sp³-hybridized carbons (Fsp3) is 0.458. The smallest absolute Gasteiger partial charge is 0.407 e. The third-order valence-corrected chi connectivity index (χ3v) is 7.44. The zero-order valence-corrected chi connectivity index (χ0v) is 21.1. The van der Waals surface area contributed by atoms with Crippen LogP contribution in [0.15, 0.2) is 36.4 Å². The maximum Gasteiger partial charge on any atom is 0.407 e. The second-order valence-electron chi connectivity index (χ2n) is 8.26. The van der Waals surface area contributed by atoms with Gasteiger partial charge in [-0.1, -0.05) is 35.3 Å². The lowest BCUT2D eigenvalue weighted by Gasteiger charge is -2.34. The van der Waals surface area contributed by atoms with Crippen molar-refractivity contribution in [3.8, 4) is 5.75 Å². The van der Waals surface area contributed by atoms with Gasteiger partial charge in [-0.05, 0) is 73.6 Å². The van der Waals surface area contributed by atoms with E-state index < -0.39 is 15.9 Å². The van der Waals surface area contributed by atoms with E-state index in [-0.39, 0.29) is 17.7 Å². The monoisotopic (exact) mass is 513 g/mol. The molecule has 6 nitrogen and oxygen atoms in total. The summed E-state index contributed by atoms with van der Waals surface area (Å²) in [6.45, 7) is 2.39. The number of hydrogen-bond donors (Lipinski definition) is 1. The first kappa shape index (κ1) is 25.7. The number of rotatable bonds is 9. The summed E-state index contributed by atoms with van der Waals surface area (Å²) >= 11 is 12.3. The van der Waals surface area contributed by atoms with Gasteiger partial charge in [-0.2, -0.15) is 0 Å². The average Bonchev–Trinajstić information content (AvgIpc) is 2.75. The van der Waals surface area contributed by atoms with Crippen LogP contribution in [0.25, 0.3) is 0 Å². The first-order valence-electron chi connectivity index (χ1n) is 11.0. The molecule has 33 heavy (non-hydrogen) atoms. The van der Waals surface area contributed by atoms with Gasteiger partial charge in [0.1, 0.15) is 15.6 Å². The minimum Gasteiger partial charge on any atom is -0.494 e. The summed E-state index contributed by atoms with van der Waals surface area (Å²) in [5, 5.41) is 4.00. The minimum atomic E-state index is -3.02. The molecule has 2 aromatic carbocycles. The van der Waals surface area contributed by atoms with E-state index >= 15 is 0 Å². The number of halogens is 2. The molecule has 2 atom stereocenters. The number of carbonyl (C=O) groups excluding carboxylic acids is 1. The van der Waals surface area contributed by atoms with Crippen LogP contribution in [-0.4, -0.2) is 45.8 Å². The molecule has 0 radical (unpaired) electrons. The quantitative estimate of drug-likeness (QED) is 0.466. The predicted octanol–water partition coefficient (Wildman–Crippen LogP) is 5.19. The van der Waals surface area contributed by atoms with Crippen molar-refractivity contribution >= 4 is 39.1 Å². The van der Waals surface area contributed by atoms with Crippen molar-refractivity contribution in [2.24, 2.45) is 0 Å². The highest BCUT2D eigenvalue weighted by Crippen LogP contribution is 2.37. The minimum absolute atomic E-state index is 0.0185. The number of amides is 1. The van der Waals surface area contributed by atoms with Crippen LogP contribution in [0.2, 0.25) is 10.0 Å². The molecule has 1 N–H and O–H groups in total. The van der Waals surface area contributed by atoms with Crippen LogP contribution < -0.4 is 10.1 Å². The number of nitrogens with one attached hydrogen (secondary N) is 1. The van der Waals surface area contributed by atoms with Gasteiger partial charge in [-0.3, -0.25) is 0 Å². The maximum absolute atomic E-state index is 12.2. The Bertz CT molecular complexity index is 1090. The summed E-state index contributed by atoms with van der Waals surface area (Å²) in [4.78, 5) is 12.2. The number of benzene rings is 2. The van der Waals surface area contributed by atoms with Gasteiger partial charge < -0.3 is 14.8 Å². The molecule has 0 heterocycles. The molecule has 0 bridgehead atoms. The predicted molar refractivity (Wildman–Crippen MR) is 131 cm³/mol. The van der Waals surface area contributed by atoms with Crippen LogP contribution in [0.3, 0.4) is 0 Å². The van der Waals surface area contributed by atoms with Crippen molar-refractivity contribution in [1.29, 1.82) is 0 Å². The molecule has 1 amide bonds. The maximum atomic E-state index is 12.2. The van der Waals surface area contributed by atoms with E-state index in [9.17, 15) is 13.2 Å². The number of aryl methyl sites for hydroxylation is 1. The van der Waals surface area contributed by atoms with Gasteiger partial charge in [-0.25, -0.2) is 13.2 Å². The summed E-state index contributed by atoms with van der Waals surface area (Å²) in [5.74, 6) is 0.747. The highest BCUT2D eigenvalue weighted by atomic mass is 35.5. The fourth-order valence-corrected chi connectivity index (χ4v) is 5.11. The Morgan fingerprint density at radius 2 is 1.94 bits per heavy atom. The molecular formula is C24H29Cl2NO5S. The SMILES string of the molecule is CCOC(=O)NC1CCc2ccc(OCCCS(C)(=O)=O)cc2C1Cc1ccc(Cl)c(Cl)c1. The van der Waals surface area contributed by atoms with Crippen LogP contribution in [0.5, 0.6) is 5.75 Å². The standard InChI is InChI=1S/C24H29Cl2NO5S/c1-3-31-24(28)27-23-10-7-17-6-8-18(32-11-4-12-33(2,29)30)15-19(17)20(23)13-16-5-9-21(25)22(26)14-16/h5-6,8-9,14-15,20,23H,3-4,7,10-13H2,1-2H3,(H,27,28). The van der Waals surface area contributed by atoms with Gasteiger partial charge >= 0.3 is 6.09 Å². The summed E-state index contributed by atoms with van der Waals surface area (Å²) in [7, 11) is -3.02. The molecule has 9 heteroatoms. The zero-order valence-electron chi connectivity index (χ0n) is 18.8. The number of ether oxygens (including phenoxy) is 2. The molecule has 180 valence electrons. The first-order chi connectivity index (χ1) is 15.7. The summed E-state index contributed by atoms with van der Waals surface area (Å²) in [6.07, 6.45) is 3.47. The number of sulfone groups is 1. The second kappa shape index (κ2) is 11.4. The lowest BCUT2D eigenvalue weighted by molar-refractivity contribution is 0.144. The van der Waals surface area contributed by atoms with E-state index in [1.165, 1.54) is 11.8 Å². The third-order valence-electron chi connectivity index (χ3n) is 5.67. The van der Waals surface area contributed by atoms with E-state index in [2.05, 4.69) is 5.32 Å². The van der Waals surface area contributed by atoms with Crippen LogP contribution in [0.4, 0.5) is 4.79 Å². The van der Waals surface area contributed by atoms with Gasteiger partial charge in [0, 0.05) is 18.2 Å². The van der Waals surface area contributed by atoms with E-state index in [0.717, 1.165) is 24.0 Å². The normalized spacial score (nSPS) is 17.8. The molecule has 2 unspecified atom stereocenters. The Kier molecular flexibility index (Phi) is 8.90. The molecule has 0 spiro atoms. The van der Waals surface area contributed by atoms with Gasteiger partial charge in [0.2, 0.25) is 0 Å². The number of alkyl carbamates (subject to hydrolysis) is 1. The number of fused-ring (bicyclic) bond motifs is 1. The number of hydrogen-bond acceptors (Lipinski definition) is 5. The zero-order chi connectivity index (χ0) is 24.0.